The van der Waals surface area contributed by atoms with E-state index in [4.69, 9.17) is 0 Å². The first-order chi connectivity index (χ1) is 13.7. The lowest BCUT2D eigenvalue weighted by molar-refractivity contribution is -0.143. The van der Waals surface area contributed by atoms with E-state index in [0.717, 1.165) is 10.9 Å². The van der Waals surface area contributed by atoms with E-state index in [0.29, 0.717) is 38.0 Å². The van der Waals surface area contributed by atoms with Crippen LogP contribution in [0.3, 0.4) is 0 Å². The summed E-state index contributed by atoms with van der Waals surface area (Å²) in [7, 11) is 0. The molecule has 2 aromatic rings. The van der Waals surface area contributed by atoms with Gasteiger partial charge in [0.25, 0.3) is 5.91 Å². The molecule has 0 atom stereocenters. The summed E-state index contributed by atoms with van der Waals surface area (Å²) in [5, 5.41) is 6.64. The lowest BCUT2D eigenvalue weighted by atomic mass is 9.96. The number of likely N-dealkylation sites (tertiary alicyclic amines) is 1. The molecule has 3 rings (SSSR count). The Morgan fingerprint density at radius 1 is 1.21 bits per heavy atom. The highest BCUT2D eigenvalue weighted by Gasteiger charge is 2.42. The fourth-order valence-electron chi connectivity index (χ4n) is 3.56. The van der Waals surface area contributed by atoms with Crippen LogP contribution in [0.25, 0.3) is 5.69 Å². The van der Waals surface area contributed by atoms with Crippen LogP contribution in [0.2, 0.25) is 0 Å². The van der Waals surface area contributed by atoms with E-state index in [-0.39, 0.29) is 17.5 Å². The summed E-state index contributed by atoms with van der Waals surface area (Å²) in [5.74, 6) is -0.586. The van der Waals surface area contributed by atoms with Gasteiger partial charge in [-0.15, -0.1) is 0 Å². The van der Waals surface area contributed by atoms with E-state index in [2.05, 4.69) is 10.4 Å². The van der Waals surface area contributed by atoms with Crippen molar-refractivity contribution >= 4 is 11.8 Å². The Balaban J connectivity index is 1.83. The number of para-hydroxylation sites is 1. The van der Waals surface area contributed by atoms with Crippen LogP contribution < -0.4 is 5.32 Å². The normalized spacial score (nSPS) is 15.4. The first-order valence-electron chi connectivity index (χ1n) is 9.43. The highest BCUT2D eigenvalue weighted by Crippen LogP contribution is 2.35. The van der Waals surface area contributed by atoms with Gasteiger partial charge in [0.1, 0.15) is 0 Å². The van der Waals surface area contributed by atoms with Crippen molar-refractivity contribution in [3.05, 3.63) is 47.3 Å². The van der Waals surface area contributed by atoms with Gasteiger partial charge in [0, 0.05) is 26.6 Å². The Hall–Kier alpha value is -2.84. The van der Waals surface area contributed by atoms with Gasteiger partial charge in [-0.1, -0.05) is 18.2 Å². The monoisotopic (exact) mass is 408 g/mol. The van der Waals surface area contributed by atoms with Crippen molar-refractivity contribution in [1.82, 2.24) is 20.0 Å². The molecule has 156 valence electrons. The van der Waals surface area contributed by atoms with Gasteiger partial charge < -0.3 is 10.2 Å². The second-order valence-electron chi connectivity index (χ2n) is 7.28. The smallest absolute Gasteiger partial charge is 0.356 e. The average molecular weight is 408 g/mol. The topological polar surface area (TPSA) is 67.2 Å². The first kappa shape index (κ1) is 20.9. The lowest BCUT2D eigenvalue weighted by Gasteiger charge is -2.32. The second-order valence-corrected chi connectivity index (χ2v) is 7.28. The van der Waals surface area contributed by atoms with Gasteiger partial charge in [-0.3, -0.25) is 9.59 Å². The molecule has 2 heterocycles. The van der Waals surface area contributed by atoms with Crippen molar-refractivity contribution < 1.29 is 22.8 Å². The number of hydrogen-bond acceptors (Lipinski definition) is 3. The third-order valence-electron chi connectivity index (χ3n) is 5.15. The molecule has 1 aromatic carbocycles. The Bertz CT molecular complexity index is 899. The van der Waals surface area contributed by atoms with E-state index in [9.17, 15) is 22.8 Å². The van der Waals surface area contributed by atoms with Crippen molar-refractivity contribution in [1.29, 1.82) is 0 Å². The first-order valence-corrected chi connectivity index (χ1v) is 9.43. The molecule has 0 spiro atoms. The van der Waals surface area contributed by atoms with E-state index < -0.39 is 23.3 Å². The van der Waals surface area contributed by atoms with Gasteiger partial charge >= 0.3 is 6.18 Å². The van der Waals surface area contributed by atoms with Crippen LogP contribution in [0.4, 0.5) is 13.2 Å². The average Bonchev–Trinajstić information content (AvgIpc) is 3.12. The Morgan fingerprint density at radius 2 is 1.86 bits per heavy atom. The Labute approximate surface area is 166 Å². The van der Waals surface area contributed by atoms with Gasteiger partial charge in [0.2, 0.25) is 5.91 Å². The van der Waals surface area contributed by atoms with Crippen LogP contribution in [-0.4, -0.2) is 46.1 Å². The largest absolute Gasteiger partial charge is 0.434 e. The number of hydrogen-bond donors (Lipinski definition) is 1. The number of halogens is 3. The maximum absolute atomic E-state index is 13.9. The molecule has 0 radical (unpaired) electrons. The minimum absolute atomic E-state index is 0.123. The number of piperidine rings is 1. The maximum Gasteiger partial charge on any atom is 0.434 e. The van der Waals surface area contributed by atoms with Crippen LogP contribution in [0.15, 0.2) is 30.5 Å². The molecular weight excluding hydrogens is 385 g/mol. The molecule has 29 heavy (non-hydrogen) atoms. The third kappa shape index (κ3) is 4.60. The van der Waals surface area contributed by atoms with Crippen LogP contribution in [0, 0.1) is 12.8 Å². The number of rotatable bonds is 4. The van der Waals surface area contributed by atoms with Gasteiger partial charge in [0.15, 0.2) is 5.69 Å². The van der Waals surface area contributed by atoms with Crippen molar-refractivity contribution in [2.24, 2.45) is 5.92 Å². The van der Waals surface area contributed by atoms with Crippen LogP contribution >= 0.6 is 0 Å². The van der Waals surface area contributed by atoms with Crippen molar-refractivity contribution in [3.8, 4) is 5.69 Å². The summed E-state index contributed by atoms with van der Waals surface area (Å²) in [6, 6.07) is 6.59. The van der Waals surface area contributed by atoms with E-state index >= 15 is 0 Å². The lowest BCUT2D eigenvalue weighted by Crippen LogP contribution is -2.41. The standard InChI is InChI=1S/C20H23F3N4O2/c1-13-5-3-4-6-17(13)27-18(20(21,22)23)16(12-25-27)19(29)26-9-7-15(8-10-26)11-24-14(2)28/h3-6,12,15H,7-11H2,1-2H3,(H,24,28). The Kier molecular flexibility index (Phi) is 5.95. The molecule has 9 heteroatoms. The number of carbonyl (C=O) groups is 2. The molecule has 1 fully saturated rings. The molecule has 0 saturated carbocycles. The molecule has 1 N–H and O–H groups in total. The second kappa shape index (κ2) is 8.26. The summed E-state index contributed by atoms with van der Waals surface area (Å²) >= 11 is 0. The molecule has 6 nitrogen and oxygen atoms in total. The molecule has 0 bridgehead atoms. The van der Waals surface area contributed by atoms with E-state index in [1.54, 1.807) is 31.2 Å². The number of benzene rings is 1. The zero-order valence-corrected chi connectivity index (χ0v) is 16.3. The molecule has 1 saturated heterocycles. The van der Waals surface area contributed by atoms with E-state index in [1.807, 2.05) is 0 Å². The predicted molar refractivity (Wildman–Crippen MR) is 101 cm³/mol. The minimum Gasteiger partial charge on any atom is -0.356 e. The third-order valence-corrected chi connectivity index (χ3v) is 5.15. The number of alkyl halides is 3. The van der Waals surface area contributed by atoms with Crippen LogP contribution in [-0.2, 0) is 11.0 Å². The zero-order valence-electron chi connectivity index (χ0n) is 16.3. The van der Waals surface area contributed by atoms with Crippen molar-refractivity contribution in [3.63, 3.8) is 0 Å². The Morgan fingerprint density at radius 3 is 2.45 bits per heavy atom. The fourth-order valence-corrected chi connectivity index (χ4v) is 3.56. The predicted octanol–water partition coefficient (Wildman–Crippen LogP) is 3.19. The zero-order chi connectivity index (χ0) is 21.2. The van der Waals surface area contributed by atoms with Crippen molar-refractivity contribution in [2.75, 3.05) is 19.6 Å². The number of aryl methyl sites for hydroxylation is 1. The van der Waals surface area contributed by atoms with Crippen LogP contribution in [0.5, 0.6) is 0 Å². The summed E-state index contributed by atoms with van der Waals surface area (Å²) in [6.45, 7) is 4.32. The van der Waals surface area contributed by atoms with Gasteiger partial charge in [-0.05, 0) is 37.3 Å². The molecule has 1 aliphatic rings. The summed E-state index contributed by atoms with van der Waals surface area (Å²) < 4.78 is 42.4. The van der Waals surface area contributed by atoms with Crippen LogP contribution in [0.1, 0.15) is 41.4 Å². The summed E-state index contributed by atoms with van der Waals surface area (Å²) in [4.78, 5) is 25.3. The SMILES string of the molecule is CC(=O)NCC1CCN(C(=O)c2cnn(-c3ccccc3C)c2C(F)(F)F)CC1. The highest BCUT2D eigenvalue weighted by molar-refractivity contribution is 5.95. The number of amides is 2. The van der Waals surface area contributed by atoms with Gasteiger partial charge in [-0.25, -0.2) is 4.68 Å². The van der Waals surface area contributed by atoms with Crippen molar-refractivity contribution in [2.45, 2.75) is 32.9 Å². The number of aromatic nitrogens is 2. The van der Waals surface area contributed by atoms with Gasteiger partial charge in [-0.2, -0.15) is 18.3 Å². The number of nitrogens with one attached hydrogen (secondary N) is 1. The molecule has 2 amide bonds. The number of nitrogens with zero attached hydrogens (tertiary/aromatic N) is 3. The number of carbonyl (C=O) groups excluding carboxylic acids is 2. The molecule has 0 aliphatic carbocycles. The van der Waals surface area contributed by atoms with Gasteiger partial charge in [0.05, 0.1) is 17.4 Å². The molecule has 1 aliphatic heterocycles. The minimum atomic E-state index is -4.73. The summed E-state index contributed by atoms with van der Waals surface area (Å²) in [5.41, 5.74) is -0.593. The molecule has 0 unspecified atom stereocenters. The maximum atomic E-state index is 13.9. The quantitative estimate of drug-likeness (QED) is 0.845. The molecule has 1 aromatic heterocycles. The fraction of sp³-hybridized carbons (Fsp3) is 0.450. The summed E-state index contributed by atoms with van der Waals surface area (Å²) in [6.07, 6.45) is -2.48. The molecular formula is C20H23F3N4O2. The highest BCUT2D eigenvalue weighted by atomic mass is 19.4. The van der Waals surface area contributed by atoms with E-state index in [1.165, 1.54) is 11.8 Å².